The van der Waals surface area contributed by atoms with Crippen molar-refractivity contribution >= 4 is 29.4 Å². The van der Waals surface area contributed by atoms with E-state index in [1.807, 2.05) is 0 Å². The summed E-state index contributed by atoms with van der Waals surface area (Å²) in [5.41, 5.74) is 0.253. The summed E-state index contributed by atoms with van der Waals surface area (Å²) < 4.78 is 18.2. The van der Waals surface area contributed by atoms with Crippen molar-refractivity contribution in [3.63, 3.8) is 0 Å². The highest BCUT2D eigenvalue weighted by Crippen LogP contribution is 2.37. The molecule has 28 heavy (non-hydrogen) atoms. The second kappa shape index (κ2) is 8.50. The maximum Gasteiger partial charge on any atom is 0.308 e. The number of nitrogens with zero attached hydrogens (tertiary/aromatic N) is 1. The first-order chi connectivity index (χ1) is 13.4. The molecule has 7 nitrogen and oxygen atoms in total. The number of rotatable bonds is 6. The van der Waals surface area contributed by atoms with Crippen LogP contribution in [0.4, 0.5) is 10.1 Å². The quantitative estimate of drug-likeness (QED) is 0.594. The number of hydrogen-bond acceptors (Lipinski definition) is 5. The molecule has 0 unspecified atom stereocenters. The van der Waals surface area contributed by atoms with Gasteiger partial charge in [0.2, 0.25) is 11.8 Å². The van der Waals surface area contributed by atoms with Crippen molar-refractivity contribution in [1.82, 2.24) is 4.90 Å². The third-order valence-electron chi connectivity index (χ3n) is 5.24. The van der Waals surface area contributed by atoms with Crippen LogP contribution in [0.3, 0.4) is 0 Å². The number of amides is 3. The minimum absolute atomic E-state index is 0.0399. The zero-order chi connectivity index (χ0) is 20.3. The SMILES string of the molecule is C[C@@H](OC(=O)CCN1C(=O)[C@H]2CCCC[C@H]2C1=O)C(=O)Nc1cccc(F)c1. The molecule has 1 heterocycles. The van der Waals surface area contributed by atoms with Gasteiger partial charge in [0, 0.05) is 12.2 Å². The zero-order valence-corrected chi connectivity index (χ0v) is 15.7. The monoisotopic (exact) mass is 390 g/mol. The van der Waals surface area contributed by atoms with Crippen LogP contribution in [0, 0.1) is 17.7 Å². The van der Waals surface area contributed by atoms with Crippen molar-refractivity contribution in [2.24, 2.45) is 11.8 Å². The zero-order valence-electron chi connectivity index (χ0n) is 15.7. The second-order valence-electron chi connectivity index (χ2n) is 7.21. The first-order valence-corrected chi connectivity index (χ1v) is 9.48. The Balaban J connectivity index is 1.48. The van der Waals surface area contributed by atoms with Crippen molar-refractivity contribution in [2.45, 2.75) is 45.1 Å². The molecule has 1 aromatic carbocycles. The maximum absolute atomic E-state index is 13.2. The summed E-state index contributed by atoms with van der Waals surface area (Å²) in [7, 11) is 0. The molecule has 1 saturated heterocycles. The third kappa shape index (κ3) is 4.37. The molecule has 0 bridgehead atoms. The summed E-state index contributed by atoms with van der Waals surface area (Å²) in [5.74, 6) is -2.71. The highest BCUT2D eigenvalue weighted by molar-refractivity contribution is 6.05. The lowest BCUT2D eigenvalue weighted by molar-refractivity contribution is -0.154. The Morgan fingerprint density at radius 1 is 1.21 bits per heavy atom. The smallest absolute Gasteiger partial charge is 0.308 e. The number of likely N-dealkylation sites (tertiary alicyclic amines) is 1. The summed E-state index contributed by atoms with van der Waals surface area (Å²) in [5, 5.41) is 2.46. The number of carbonyl (C=O) groups excluding carboxylic acids is 4. The average Bonchev–Trinajstić information content (AvgIpc) is 2.91. The summed E-state index contributed by atoms with van der Waals surface area (Å²) in [6.07, 6.45) is 2.04. The van der Waals surface area contributed by atoms with Gasteiger partial charge in [0.1, 0.15) is 5.82 Å². The number of imide groups is 1. The van der Waals surface area contributed by atoms with E-state index in [0.29, 0.717) is 12.8 Å². The summed E-state index contributed by atoms with van der Waals surface area (Å²) in [4.78, 5) is 50.0. The van der Waals surface area contributed by atoms with Gasteiger partial charge in [-0.25, -0.2) is 4.39 Å². The molecule has 2 aliphatic rings. The molecule has 1 saturated carbocycles. The minimum Gasteiger partial charge on any atom is -0.452 e. The van der Waals surface area contributed by atoms with Gasteiger partial charge in [-0.1, -0.05) is 18.9 Å². The molecule has 3 amide bonds. The fourth-order valence-corrected chi connectivity index (χ4v) is 3.77. The van der Waals surface area contributed by atoms with Gasteiger partial charge in [0.05, 0.1) is 18.3 Å². The molecular formula is C20H23FN2O5. The summed E-state index contributed by atoms with van der Waals surface area (Å²) in [6.45, 7) is 1.36. The standard InChI is InChI=1S/C20H23FN2O5/c1-12(18(25)22-14-6-4-5-13(21)11-14)28-17(24)9-10-23-19(26)15-7-2-3-8-16(15)20(23)27/h4-6,11-12,15-16H,2-3,7-10H2,1H3,(H,22,25)/t12-,15-,16+/m1/s1. The first kappa shape index (κ1) is 20.0. The molecule has 0 aromatic heterocycles. The van der Waals surface area contributed by atoms with E-state index < -0.39 is 23.8 Å². The van der Waals surface area contributed by atoms with Crippen molar-refractivity contribution in [1.29, 1.82) is 0 Å². The Hall–Kier alpha value is -2.77. The number of nitrogens with one attached hydrogen (secondary N) is 1. The largest absolute Gasteiger partial charge is 0.452 e. The molecule has 3 rings (SSSR count). The predicted octanol–water partition coefficient (Wildman–Crippen LogP) is 2.26. The van der Waals surface area contributed by atoms with Crippen LogP contribution in [-0.4, -0.2) is 41.2 Å². The van der Waals surface area contributed by atoms with Gasteiger partial charge >= 0.3 is 5.97 Å². The molecule has 1 aromatic rings. The molecule has 150 valence electrons. The molecule has 1 N–H and O–H groups in total. The van der Waals surface area contributed by atoms with Crippen molar-refractivity contribution in [3.05, 3.63) is 30.1 Å². The fraction of sp³-hybridized carbons (Fsp3) is 0.500. The van der Waals surface area contributed by atoms with Crippen LogP contribution in [-0.2, 0) is 23.9 Å². The number of esters is 1. The number of halogens is 1. The first-order valence-electron chi connectivity index (χ1n) is 9.48. The van der Waals surface area contributed by atoms with Crippen molar-refractivity contribution in [3.8, 4) is 0 Å². The average molecular weight is 390 g/mol. The number of anilines is 1. The third-order valence-corrected chi connectivity index (χ3v) is 5.24. The molecule has 0 spiro atoms. The van der Waals surface area contributed by atoms with E-state index in [1.54, 1.807) is 0 Å². The van der Waals surface area contributed by atoms with Crippen LogP contribution in [0.1, 0.15) is 39.0 Å². The summed E-state index contributed by atoms with van der Waals surface area (Å²) >= 11 is 0. The number of fused-ring (bicyclic) bond motifs is 1. The lowest BCUT2D eigenvalue weighted by Gasteiger charge is -2.19. The lowest BCUT2D eigenvalue weighted by atomic mass is 9.81. The van der Waals surface area contributed by atoms with E-state index >= 15 is 0 Å². The molecule has 8 heteroatoms. The fourth-order valence-electron chi connectivity index (χ4n) is 3.77. The van der Waals surface area contributed by atoms with Gasteiger partial charge < -0.3 is 10.1 Å². The Bertz CT molecular complexity index is 773. The van der Waals surface area contributed by atoms with Gasteiger partial charge in [0.25, 0.3) is 5.91 Å². The van der Waals surface area contributed by atoms with Crippen LogP contribution >= 0.6 is 0 Å². The van der Waals surface area contributed by atoms with E-state index in [-0.39, 0.29) is 42.3 Å². The lowest BCUT2D eigenvalue weighted by Crippen LogP contribution is -2.35. The number of ether oxygens (including phenoxy) is 1. The van der Waals surface area contributed by atoms with Gasteiger partial charge in [-0.15, -0.1) is 0 Å². The van der Waals surface area contributed by atoms with Gasteiger partial charge in [-0.05, 0) is 38.0 Å². The van der Waals surface area contributed by atoms with Crippen LogP contribution in [0.2, 0.25) is 0 Å². The summed E-state index contributed by atoms with van der Waals surface area (Å²) in [6, 6.07) is 5.36. The normalized spacial score (nSPS) is 22.6. The Morgan fingerprint density at radius 3 is 2.46 bits per heavy atom. The van der Waals surface area contributed by atoms with E-state index in [4.69, 9.17) is 4.74 Å². The molecule has 2 fully saturated rings. The number of benzene rings is 1. The highest BCUT2D eigenvalue weighted by atomic mass is 19.1. The molecule has 1 aliphatic carbocycles. The molecule has 3 atom stereocenters. The van der Waals surface area contributed by atoms with Gasteiger partial charge in [0.15, 0.2) is 6.10 Å². The van der Waals surface area contributed by atoms with E-state index in [0.717, 1.165) is 23.8 Å². The van der Waals surface area contributed by atoms with Gasteiger partial charge in [-0.3, -0.25) is 24.1 Å². The van der Waals surface area contributed by atoms with E-state index in [9.17, 15) is 23.6 Å². The maximum atomic E-state index is 13.2. The van der Waals surface area contributed by atoms with E-state index in [2.05, 4.69) is 5.32 Å². The molecule has 1 aliphatic heterocycles. The number of carbonyl (C=O) groups is 4. The highest BCUT2D eigenvalue weighted by Gasteiger charge is 2.47. The van der Waals surface area contributed by atoms with Gasteiger partial charge in [-0.2, -0.15) is 0 Å². The predicted molar refractivity (Wildman–Crippen MR) is 97.4 cm³/mol. The molecular weight excluding hydrogens is 367 g/mol. The van der Waals surface area contributed by atoms with E-state index in [1.165, 1.54) is 25.1 Å². The topological polar surface area (TPSA) is 92.8 Å². The number of hydrogen-bond donors (Lipinski definition) is 1. The Kier molecular flexibility index (Phi) is 6.06. The second-order valence-corrected chi connectivity index (χ2v) is 7.21. The van der Waals surface area contributed by atoms with Crippen LogP contribution in [0.25, 0.3) is 0 Å². The minimum atomic E-state index is -1.09. The van der Waals surface area contributed by atoms with Crippen LogP contribution in [0.5, 0.6) is 0 Å². The Morgan fingerprint density at radius 2 is 1.86 bits per heavy atom. The van der Waals surface area contributed by atoms with Crippen molar-refractivity contribution in [2.75, 3.05) is 11.9 Å². The Labute approximate surface area is 162 Å². The van der Waals surface area contributed by atoms with Crippen molar-refractivity contribution < 1.29 is 28.3 Å². The van der Waals surface area contributed by atoms with Crippen LogP contribution in [0.15, 0.2) is 24.3 Å². The molecule has 0 radical (unpaired) electrons. The van der Waals surface area contributed by atoms with Crippen LogP contribution < -0.4 is 5.32 Å².